The fraction of sp³-hybridized carbons (Fsp3) is 0.375. The lowest BCUT2D eigenvalue weighted by molar-refractivity contribution is 0.0951. The molecule has 202 valence electrons. The quantitative estimate of drug-likeness (QED) is 0.334. The molecule has 0 radical (unpaired) electrons. The zero-order valence-electron chi connectivity index (χ0n) is 20.5. The molecule has 0 heterocycles. The third kappa shape index (κ3) is 10.2. The summed E-state index contributed by atoms with van der Waals surface area (Å²) in [5.74, 6) is 0.105. The number of ether oxygens (including phenoxy) is 1. The van der Waals surface area contributed by atoms with E-state index in [1.54, 1.807) is 24.3 Å². The number of nitrogens with two attached hydrogens (primary N) is 2. The molecule has 7 N–H and O–H groups in total. The minimum Gasteiger partial charge on any atom is -0.496 e. The predicted molar refractivity (Wildman–Crippen MR) is 140 cm³/mol. The van der Waals surface area contributed by atoms with Gasteiger partial charge in [-0.2, -0.15) is 0 Å². The van der Waals surface area contributed by atoms with Crippen LogP contribution in [0.5, 0.6) is 5.75 Å². The van der Waals surface area contributed by atoms with E-state index in [1.807, 2.05) is 0 Å². The van der Waals surface area contributed by atoms with Gasteiger partial charge in [-0.1, -0.05) is 43.0 Å². The van der Waals surface area contributed by atoms with Gasteiger partial charge in [0.05, 0.1) is 17.6 Å². The number of methoxy groups -OCH3 is 1. The van der Waals surface area contributed by atoms with E-state index >= 15 is 0 Å². The van der Waals surface area contributed by atoms with Crippen LogP contribution in [0.2, 0.25) is 5.02 Å². The summed E-state index contributed by atoms with van der Waals surface area (Å²) in [4.78, 5) is 33.5. The van der Waals surface area contributed by atoms with Gasteiger partial charge in [0.15, 0.2) is 0 Å². The van der Waals surface area contributed by atoms with Crippen LogP contribution < -0.4 is 31.6 Å². The molecule has 2 aromatic carbocycles. The monoisotopic (exact) mass is 553 g/mol. The normalized spacial score (nSPS) is 13.5. The molecule has 1 aliphatic rings. The van der Waals surface area contributed by atoms with Crippen molar-refractivity contribution in [2.24, 2.45) is 11.5 Å². The molecule has 13 heteroatoms. The molecule has 2 aromatic rings. The van der Waals surface area contributed by atoms with E-state index in [0.29, 0.717) is 29.3 Å². The smallest absolute Gasteiger partial charge is 0.328 e. The standard InChI is InChI=1S/C23H28ClN3O5S.CH4N2O/c1-32-21-12-9-17(24)15-20(21)22(28)25-14-13-16-7-10-19(11-8-16)33(30,31)27-23(29)26-18-5-3-2-4-6-18;2-1(3)4/h7-12,15,18H,2-6,13-14H2,1H3,(H,25,28)(H2,26,27,29);(H4,2,3,4). The zero-order valence-corrected chi connectivity index (χ0v) is 22.0. The van der Waals surface area contributed by atoms with Crippen LogP contribution in [0.25, 0.3) is 0 Å². The first-order chi connectivity index (χ1) is 17.5. The SMILES string of the molecule is COc1ccc(Cl)cc1C(=O)NCCc1ccc(S(=O)(=O)NC(=O)NC2CCCCC2)cc1.NC(N)=O. The van der Waals surface area contributed by atoms with Gasteiger partial charge in [-0.3, -0.25) is 4.79 Å². The maximum atomic E-state index is 12.5. The van der Waals surface area contributed by atoms with Crippen molar-refractivity contribution in [1.82, 2.24) is 15.4 Å². The van der Waals surface area contributed by atoms with Crippen LogP contribution in [0.4, 0.5) is 9.59 Å². The number of halogens is 1. The molecule has 0 aromatic heterocycles. The van der Waals surface area contributed by atoms with Gasteiger partial charge < -0.3 is 26.8 Å². The maximum Gasteiger partial charge on any atom is 0.328 e. The molecular weight excluding hydrogens is 522 g/mol. The van der Waals surface area contributed by atoms with Crippen molar-refractivity contribution in [3.8, 4) is 5.75 Å². The molecule has 1 fully saturated rings. The van der Waals surface area contributed by atoms with Crippen molar-refractivity contribution in [2.45, 2.75) is 49.5 Å². The molecule has 11 nitrogen and oxygen atoms in total. The topological polar surface area (TPSA) is 183 Å². The van der Waals surface area contributed by atoms with Crippen molar-refractivity contribution >= 4 is 39.6 Å². The summed E-state index contributed by atoms with van der Waals surface area (Å²) >= 11 is 5.96. The van der Waals surface area contributed by atoms with Crippen LogP contribution in [-0.4, -0.2) is 46.1 Å². The van der Waals surface area contributed by atoms with E-state index in [2.05, 4.69) is 26.8 Å². The summed E-state index contributed by atoms with van der Waals surface area (Å²) < 4.78 is 32.2. The second-order valence-corrected chi connectivity index (χ2v) is 10.4. The largest absolute Gasteiger partial charge is 0.496 e. The molecule has 1 saturated carbocycles. The zero-order chi connectivity index (χ0) is 27.4. The number of carbonyl (C=O) groups excluding carboxylic acids is 3. The van der Waals surface area contributed by atoms with Crippen molar-refractivity contribution < 1.29 is 27.5 Å². The molecule has 0 atom stereocenters. The highest BCUT2D eigenvalue weighted by molar-refractivity contribution is 7.90. The van der Waals surface area contributed by atoms with Crippen LogP contribution in [-0.2, 0) is 16.4 Å². The lowest BCUT2D eigenvalue weighted by Crippen LogP contribution is -2.45. The number of primary amides is 2. The Morgan fingerprint density at radius 3 is 2.24 bits per heavy atom. The number of urea groups is 2. The summed E-state index contributed by atoms with van der Waals surface area (Å²) in [6.45, 7) is 0.336. The minimum atomic E-state index is -3.97. The van der Waals surface area contributed by atoms with Crippen LogP contribution in [0.15, 0.2) is 47.4 Å². The minimum absolute atomic E-state index is 0.00209. The number of benzene rings is 2. The van der Waals surface area contributed by atoms with Crippen molar-refractivity contribution in [3.63, 3.8) is 0 Å². The van der Waals surface area contributed by atoms with Crippen molar-refractivity contribution in [2.75, 3.05) is 13.7 Å². The number of nitrogens with one attached hydrogen (secondary N) is 3. The fourth-order valence-corrected chi connectivity index (χ4v) is 4.84. The molecule has 5 amide bonds. The summed E-state index contributed by atoms with van der Waals surface area (Å²) in [7, 11) is -2.49. The first-order valence-electron chi connectivity index (χ1n) is 11.6. The Balaban J connectivity index is 0.00000112. The fourth-order valence-electron chi connectivity index (χ4n) is 3.75. The summed E-state index contributed by atoms with van der Waals surface area (Å²) in [6.07, 6.45) is 5.43. The highest BCUT2D eigenvalue weighted by Crippen LogP contribution is 2.22. The molecular formula is C24H32ClN5O6S. The molecule has 1 aliphatic carbocycles. The van der Waals surface area contributed by atoms with Crippen LogP contribution >= 0.6 is 11.6 Å². The molecule has 0 saturated heterocycles. The number of hydrogen-bond donors (Lipinski definition) is 5. The van der Waals surface area contributed by atoms with Crippen LogP contribution in [0.1, 0.15) is 48.0 Å². The van der Waals surface area contributed by atoms with Crippen LogP contribution in [0, 0.1) is 0 Å². The van der Waals surface area contributed by atoms with Gasteiger partial charge in [-0.05, 0) is 55.2 Å². The van der Waals surface area contributed by atoms with E-state index in [0.717, 1.165) is 37.7 Å². The summed E-state index contributed by atoms with van der Waals surface area (Å²) in [5.41, 5.74) is 9.67. The van der Waals surface area contributed by atoms with Crippen molar-refractivity contribution in [3.05, 3.63) is 58.6 Å². The Morgan fingerprint density at radius 2 is 1.65 bits per heavy atom. The van der Waals surface area contributed by atoms with Gasteiger partial charge in [0.1, 0.15) is 5.75 Å². The summed E-state index contributed by atoms with van der Waals surface area (Å²) in [6, 6.07) is 9.46. The second kappa shape index (κ2) is 14.3. The number of rotatable bonds is 8. The molecule has 3 rings (SSSR count). The third-order valence-corrected chi connectivity index (χ3v) is 7.09. The lowest BCUT2D eigenvalue weighted by Gasteiger charge is -2.22. The molecule has 0 spiro atoms. The van der Waals surface area contributed by atoms with E-state index < -0.39 is 22.1 Å². The molecule has 0 aliphatic heterocycles. The van der Waals surface area contributed by atoms with Gasteiger partial charge in [0.25, 0.3) is 15.9 Å². The van der Waals surface area contributed by atoms with Gasteiger partial charge in [-0.15, -0.1) is 0 Å². The molecule has 0 bridgehead atoms. The molecule has 37 heavy (non-hydrogen) atoms. The number of amides is 5. The number of sulfonamides is 1. The van der Waals surface area contributed by atoms with Gasteiger partial charge in [-0.25, -0.2) is 22.7 Å². The van der Waals surface area contributed by atoms with E-state index in [4.69, 9.17) is 21.1 Å². The first-order valence-corrected chi connectivity index (χ1v) is 13.5. The lowest BCUT2D eigenvalue weighted by atomic mass is 9.96. The van der Waals surface area contributed by atoms with E-state index in [1.165, 1.54) is 25.3 Å². The second-order valence-electron chi connectivity index (χ2n) is 8.31. The summed E-state index contributed by atoms with van der Waals surface area (Å²) in [5, 5.41) is 5.96. The van der Waals surface area contributed by atoms with E-state index in [-0.39, 0.29) is 16.8 Å². The van der Waals surface area contributed by atoms with Gasteiger partial charge >= 0.3 is 12.1 Å². The Morgan fingerprint density at radius 1 is 1.03 bits per heavy atom. The highest BCUT2D eigenvalue weighted by Gasteiger charge is 2.21. The highest BCUT2D eigenvalue weighted by atomic mass is 35.5. The molecule has 0 unspecified atom stereocenters. The maximum absolute atomic E-state index is 12.5. The van der Waals surface area contributed by atoms with Gasteiger partial charge in [0.2, 0.25) is 0 Å². The van der Waals surface area contributed by atoms with Crippen LogP contribution in [0.3, 0.4) is 0 Å². The van der Waals surface area contributed by atoms with E-state index in [9.17, 15) is 18.0 Å². The Labute approximate surface area is 221 Å². The average Bonchev–Trinajstić information content (AvgIpc) is 2.84. The Hall–Kier alpha value is -3.51. The first kappa shape index (κ1) is 29.7. The number of carbonyl (C=O) groups is 3. The number of hydrogen-bond acceptors (Lipinski definition) is 6. The average molecular weight is 554 g/mol. The van der Waals surface area contributed by atoms with Gasteiger partial charge in [0, 0.05) is 17.6 Å². The Bertz CT molecular complexity index is 1180. The Kier molecular flexibility index (Phi) is 11.5. The third-order valence-electron chi connectivity index (χ3n) is 5.51. The van der Waals surface area contributed by atoms with Crippen molar-refractivity contribution in [1.29, 1.82) is 0 Å². The predicted octanol–water partition coefficient (Wildman–Crippen LogP) is 2.67.